The number of hydrogen-bond acceptors (Lipinski definition) is 1. The Morgan fingerprint density at radius 3 is 2.73 bits per heavy atom. The normalized spacial score (nSPS) is 12.0. The third kappa shape index (κ3) is 1.50. The molecule has 76 valence electrons. The van der Waals surface area contributed by atoms with Crippen LogP contribution in [0.25, 0.3) is 16.5 Å². The topological polar surface area (TPSA) is 13.1 Å². The summed E-state index contributed by atoms with van der Waals surface area (Å²) in [6.07, 6.45) is 3.92. The Labute approximate surface area is 89.7 Å². The zero-order chi connectivity index (χ0) is 10.8. The number of para-hydroxylation sites is 1. The van der Waals surface area contributed by atoms with Gasteiger partial charge in [0.15, 0.2) is 0 Å². The van der Waals surface area contributed by atoms with Crippen molar-refractivity contribution in [2.75, 3.05) is 0 Å². The summed E-state index contributed by atoms with van der Waals surface area (Å²) in [5.41, 5.74) is 3.21. The van der Waals surface area contributed by atoms with Crippen LogP contribution in [0.2, 0.25) is 0 Å². The standard InChI is InChI=1S/C14H14O/c1-4-11(5-2)14-10(3)15-13-9-7-6-8-12(13)14/h4-9H,1H2,2-3H3. The second-order valence-electron chi connectivity index (χ2n) is 3.48. The van der Waals surface area contributed by atoms with E-state index < -0.39 is 0 Å². The van der Waals surface area contributed by atoms with Crippen molar-refractivity contribution >= 4 is 16.5 Å². The number of aryl methyl sites for hydroxylation is 1. The molecule has 1 heteroatoms. The molecule has 1 heterocycles. The van der Waals surface area contributed by atoms with Gasteiger partial charge in [-0.1, -0.05) is 36.9 Å². The van der Waals surface area contributed by atoms with E-state index in [9.17, 15) is 0 Å². The van der Waals surface area contributed by atoms with E-state index in [4.69, 9.17) is 4.42 Å². The second kappa shape index (κ2) is 3.77. The van der Waals surface area contributed by atoms with Crippen molar-refractivity contribution in [1.82, 2.24) is 0 Å². The second-order valence-corrected chi connectivity index (χ2v) is 3.48. The molecule has 0 atom stereocenters. The molecule has 1 aromatic carbocycles. The van der Waals surface area contributed by atoms with Crippen LogP contribution >= 0.6 is 0 Å². The maximum absolute atomic E-state index is 5.70. The minimum atomic E-state index is 0.936. The summed E-state index contributed by atoms with van der Waals surface area (Å²) in [6, 6.07) is 8.08. The Morgan fingerprint density at radius 2 is 2.07 bits per heavy atom. The first-order valence-electron chi connectivity index (χ1n) is 5.05. The van der Waals surface area contributed by atoms with E-state index in [1.807, 2.05) is 38.1 Å². The molecule has 0 saturated carbocycles. The molecular formula is C14H14O. The highest BCUT2D eigenvalue weighted by Crippen LogP contribution is 2.31. The highest BCUT2D eigenvalue weighted by molar-refractivity contribution is 5.94. The summed E-state index contributed by atoms with van der Waals surface area (Å²) in [4.78, 5) is 0. The van der Waals surface area contributed by atoms with E-state index in [1.54, 1.807) is 0 Å². The molecule has 0 unspecified atom stereocenters. The van der Waals surface area contributed by atoms with Crippen LogP contribution in [0, 0.1) is 6.92 Å². The Morgan fingerprint density at radius 1 is 1.33 bits per heavy atom. The van der Waals surface area contributed by atoms with E-state index in [-0.39, 0.29) is 0 Å². The van der Waals surface area contributed by atoms with Gasteiger partial charge < -0.3 is 4.42 Å². The van der Waals surface area contributed by atoms with Crippen molar-refractivity contribution in [1.29, 1.82) is 0 Å². The minimum absolute atomic E-state index is 0.936. The van der Waals surface area contributed by atoms with E-state index >= 15 is 0 Å². The van der Waals surface area contributed by atoms with E-state index in [0.29, 0.717) is 0 Å². The molecule has 15 heavy (non-hydrogen) atoms. The van der Waals surface area contributed by atoms with Gasteiger partial charge in [-0.3, -0.25) is 0 Å². The Bertz CT molecular complexity index is 529. The maximum Gasteiger partial charge on any atom is 0.134 e. The molecular weight excluding hydrogens is 184 g/mol. The Balaban J connectivity index is 2.79. The molecule has 2 aromatic rings. The van der Waals surface area contributed by atoms with Gasteiger partial charge in [-0.15, -0.1) is 0 Å². The van der Waals surface area contributed by atoms with Crippen LogP contribution in [0.15, 0.2) is 47.4 Å². The SMILES string of the molecule is C=CC(=CC)c1c(C)oc2ccccc12. The molecule has 0 radical (unpaired) electrons. The van der Waals surface area contributed by atoms with Gasteiger partial charge in [-0.25, -0.2) is 0 Å². The summed E-state index contributed by atoms with van der Waals surface area (Å²) in [6.45, 7) is 7.83. The number of benzene rings is 1. The van der Waals surface area contributed by atoms with Crippen LogP contribution in [-0.2, 0) is 0 Å². The maximum atomic E-state index is 5.70. The van der Waals surface area contributed by atoms with Gasteiger partial charge in [0.25, 0.3) is 0 Å². The van der Waals surface area contributed by atoms with E-state index in [0.717, 1.165) is 27.9 Å². The summed E-state index contributed by atoms with van der Waals surface area (Å²) < 4.78 is 5.70. The quantitative estimate of drug-likeness (QED) is 0.654. The molecule has 0 spiro atoms. The van der Waals surface area contributed by atoms with Crippen molar-refractivity contribution in [3.05, 3.63) is 54.3 Å². The fourth-order valence-electron chi connectivity index (χ4n) is 1.89. The van der Waals surface area contributed by atoms with E-state index in [2.05, 4.69) is 18.7 Å². The molecule has 0 aliphatic rings. The summed E-state index contributed by atoms with van der Waals surface area (Å²) >= 11 is 0. The number of furan rings is 1. The molecule has 0 aliphatic carbocycles. The largest absolute Gasteiger partial charge is 0.461 e. The third-order valence-electron chi connectivity index (χ3n) is 2.59. The van der Waals surface area contributed by atoms with Gasteiger partial charge in [-0.2, -0.15) is 0 Å². The number of allylic oxidation sites excluding steroid dienone is 3. The van der Waals surface area contributed by atoms with Crippen molar-refractivity contribution in [2.45, 2.75) is 13.8 Å². The number of rotatable bonds is 2. The van der Waals surface area contributed by atoms with Crippen LogP contribution in [0.5, 0.6) is 0 Å². The Kier molecular flexibility index (Phi) is 2.46. The molecule has 1 aromatic heterocycles. The van der Waals surface area contributed by atoms with Crippen molar-refractivity contribution in [2.24, 2.45) is 0 Å². The molecule has 2 rings (SSSR count). The van der Waals surface area contributed by atoms with Gasteiger partial charge in [0.05, 0.1) is 0 Å². The zero-order valence-electron chi connectivity index (χ0n) is 9.08. The number of hydrogen-bond donors (Lipinski definition) is 0. The van der Waals surface area contributed by atoms with Crippen molar-refractivity contribution in [3.63, 3.8) is 0 Å². The lowest BCUT2D eigenvalue weighted by Crippen LogP contribution is -1.80. The van der Waals surface area contributed by atoms with Gasteiger partial charge >= 0.3 is 0 Å². The van der Waals surface area contributed by atoms with Crippen LogP contribution in [0.1, 0.15) is 18.2 Å². The average Bonchev–Trinajstić information content (AvgIpc) is 2.58. The van der Waals surface area contributed by atoms with Crippen LogP contribution < -0.4 is 0 Å². The summed E-state index contributed by atoms with van der Waals surface area (Å²) in [7, 11) is 0. The highest BCUT2D eigenvalue weighted by atomic mass is 16.3. The highest BCUT2D eigenvalue weighted by Gasteiger charge is 2.11. The van der Waals surface area contributed by atoms with Gasteiger partial charge in [0, 0.05) is 10.9 Å². The fraction of sp³-hybridized carbons (Fsp3) is 0.143. The third-order valence-corrected chi connectivity index (χ3v) is 2.59. The zero-order valence-corrected chi connectivity index (χ0v) is 9.08. The minimum Gasteiger partial charge on any atom is -0.461 e. The van der Waals surface area contributed by atoms with Crippen molar-refractivity contribution < 1.29 is 4.42 Å². The van der Waals surface area contributed by atoms with E-state index in [1.165, 1.54) is 0 Å². The molecule has 0 N–H and O–H groups in total. The van der Waals surface area contributed by atoms with Crippen LogP contribution in [-0.4, -0.2) is 0 Å². The molecule has 1 nitrogen and oxygen atoms in total. The lowest BCUT2D eigenvalue weighted by Gasteiger charge is -1.99. The Hall–Kier alpha value is -1.76. The van der Waals surface area contributed by atoms with Gasteiger partial charge in [0.1, 0.15) is 11.3 Å². The fourth-order valence-corrected chi connectivity index (χ4v) is 1.89. The number of fused-ring (bicyclic) bond motifs is 1. The van der Waals surface area contributed by atoms with Crippen molar-refractivity contribution in [3.8, 4) is 0 Å². The van der Waals surface area contributed by atoms with Crippen LogP contribution in [0.3, 0.4) is 0 Å². The first-order valence-corrected chi connectivity index (χ1v) is 5.05. The molecule has 0 bridgehead atoms. The van der Waals surface area contributed by atoms with Gasteiger partial charge in [0.2, 0.25) is 0 Å². The van der Waals surface area contributed by atoms with Gasteiger partial charge in [-0.05, 0) is 25.5 Å². The smallest absolute Gasteiger partial charge is 0.134 e. The molecule has 0 fully saturated rings. The predicted molar refractivity (Wildman–Crippen MR) is 64.8 cm³/mol. The molecule has 0 saturated heterocycles. The first kappa shape index (κ1) is 9.78. The molecule has 0 amide bonds. The lowest BCUT2D eigenvalue weighted by molar-refractivity contribution is 0.577. The monoisotopic (exact) mass is 198 g/mol. The molecule has 0 aliphatic heterocycles. The predicted octanol–water partition coefficient (Wildman–Crippen LogP) is 4.33. The summed E-state index contributed by atoms with van der Waals surface area (Å²) in [5.74, 6) is 0.948. The lowest BCUT2D eigenvalue weighted by atomic mass is 10.0. The first-order chi connectivity index (χ1) is 7.27. The average molecular weight is 198 g/mol. The van der Waals surface area contributed by atoms with Crippen LogP contribution in [0.4, 0.5) is 0 Å². The summed E-state index contributed by atoms with van der Waals surface area (Å²) in [5, 5.41) is 1.16.